The molecule has 1 saturated heterocycles. The Morgan fingerprint density at radius 3 is 2.58 bits per heavy atom. The van der Waals surface area contributed by atoms with Crippen molar-refractivity contribution in [2.24, 2.45) is 0 Å². The van der Waals surface area contributed by atoms with Crippen LogP contribution in [0.1, 0.15) is 17.3 Å². The number of non-ortho nitro benzene ring substituents is 1. The van der Waals surface area contributed by atoms with Gasteiger partial charge in [0.25, 0.3) is 11.6 Å². The van der Waals surface area contributed by atoms with Gasteiger partial charge in [0.1, 0.15) is 5.75 Å². The van der Waals surface area contributed by atoms with Gasteiger partial charge in [-0.2, -0.15) is 13.2 Å². The third kappa shape index (κ3) is 4.13. The summed E-state index contributed by atoms with van der Waals surface area (Å²) in [6.07, 6.45) is -4.31. The molecule has 0 aromatic heterocycles. The molecule has 7 nitrogen and oxygen atoms in total. The third-order valence-corrected chi connectivity index (χ3v) is 3.86. The van der Waals surface area contributed by atoms with E-state index in [4.69, 9.17) is 0 Å². The maximum absolute atomic E-state index is 12.5. The molecule has 1 amide bonds. The molecule has 0 spiro atoms. The highest BCUT2D eigenvalue weighted by Crippen LogP contribution is 2.26. The van der Waals surface area contributed by atoms with Crippen molar-refractivity contribution in [1.29, 1.82) is 0 Å². The first-order chi connectivity index (χ1) is 11.1. The zero-order valence-corrected chi connectivity index (χ0v) is 12.8. The van der Waals surface area contributed by atoms with E-state index in [0.29, 0.717) is 0 Å². The van der Waals surface area contributed by atoms with Crippen molar-refractivity contribution in [3.8, 4) is 5.75 Å². The van der Waals surface area contributed by atoms with Crippen LogP contribution in [0.15, 0.2) is 18.2 Å². The summed E-state index contributed by atoms with van der Waals surface area (Å²) in [5.41, 5.74) is -0.468. The number of rotatable bonds is 3. The number of nitrogens with zero attached hydrogens (tertiary/aromatic N) is 3. The molecule has 10 heteroatoms. The fourth-order valence-electron chi connectivity index (χ4n) is 2.63. The number of benzene rings is 1. The largest absolute Gasteiger partial charge is 0.507 e. The Morgan fingerprint density at radius 1 is 1.42 bits per heavy atom. The third-order valence-electron chi connectivity index (χ3n) is 3.86. The summed E-state index contributed by atoms with van der Waals surface area (Å²) in [4.78, 5) is 24.9. The molecular formula is C14H16F3N3O4. The zero-order valence-electron chi connectivity index (χ0n) is 12.8. The minimum absolute atomic E-state index is 0.0557. The van der Waals surface area contributed by atoms with E-state index in [0.717, 1.165) is 18.2 Å². The fraction of sp³-hybridized carbons (Fsp3) is 0.500. The maximum Gasteiger partial charge on any atom is 0.401 e. The quantitative estimate of drug-likeness (QED) is 0.668. The summed E-state index contributed by atoms with van der Waals surface area (Å²) in [5, 5.41) is 20.4. The van der Waals surface area contributed by atoms with Gasteiger partial charge in [-0.3, -0.25) is 19.8 Å². The van der Waals surface area contributed by atoms with Crippen LogP contribution in [0.5, 0.6) is 5.75 Å². The first-order valence-electron chi connectivity index (χ1n) is 7.16. The molecule has 0 aliphatic carbocycles. The van der Waals surface area contributed by atoms with Crippen LogP contribution >= 0.6 is 0 Å². The number of hydrogen-bond acceptors (Lipinski definition) is 5. The maximum atomic E-state index is 12.5. The van der Waals surface area contributed by atoms with Gasteiger partial charge in [-0.15, -0.1) is 0 Å². The summed E-state index contributed by atoms with van der Waals surface area (Å²) in [7, 11) is 0. The highest BCUT2D eigenvalue weighted by molar-refractivity contribution is 5.97. The number of carbonyl (C=O) groups excluding carboxylic acids is 1. The summed E-state index contributed by atoms with van der Waals surface area (Å²) in [6, 6.07) is 2.61. The first-order valence-corrected chi connectivity index (χ1v) is 7.16. The number of aromatic hydroxyl groups is 1. The molecule has 0 radical (unpaired) electrons. The van der Waals surface area contributed by atoms with Crippen LogP contribution in [0.3, 0.4) is 0 Å². The van der Waals surface area contributed by atoms with Crippen molar-refractivity contribution in [2.45, 2.75) is 19.1 Å². The predicted molar refractivity (Wildman–Crippen MR) is 77.8 cm³/mol. The van der Waals surface area contributed by atoms with Crippen molar-refractivity contribution >= 4 is 11.6 Å². The van der Waals surface area contributed by atoms with Gasteiger partial charge < -0.3 is 10.0 Å². The van der Waals surface area contributed by atoms with Gasteiger partial charge in [0.15, 0.2) is 0 Å². The number of amides is 1. The van der Waals surface area contributed by atoms with E-state index in [2.05, 4.69) is 0 Å². The highest BCUT2D eigenvalue weighted by Gasteiger charge is 2.36. The lowest BCUT2D eigenvalue weighted by Crippen LogP contribution is -2.55. The summed E-state index contributed by atoms with van der Waals surface area (Å²) >= 11 is 0. The summed E-state index contributed by atoms with van der Waals surface area (Å²) < 4.78 is 37.4. The molecule has 1 aliphatic heterocycles. The molecule has 0 saturated carbocycles. The highest BCUT2D eigenvalue weighted by atomic mass is 19.4. The van der Waals surface area contributed by atoms with Gasteiger partial charge in [0.05, 0.1) is 23.1 Å². The molecule has 1 fully saturated rings. The molecule has 2 rings (SSSR count). The Labute approximate surface area is 135 Å². The van der Waals surface area contributed by atoms with Gasteiger partial charge in [0.2, 0.25) is 0 Å². The number of phenolic OH excluding ortho intramolecular Hbond substituents is 1. The molecule has 1 unspecified atom stereocenters. The summed E-state index contributed by atoms with van der Waals surface area (Å²) in [5.74, 6) is -1.10. The number of hydrogen-bond donors (Lipinski definition) is 1. The van der Waals surface area contributed by atoms with Crippen molar-refractivity contribution in [2.75, 3.05) is 26.2 Å². The number of halogens is 3. The second kappa shape index (κ2) is 6.63. The SMILES string of the molecule is CC1CN(C(=O)c2ccc([N+](=O)[O-])cc2O)CCN1CC(F)(F)F. The van der Waals surface area contributed by atoms with Crippen LogP contribution < -0.4 is 0 Å². The molecule has 132 valence electrons. The van der Waals surface area contributed by atoms with Crippen molar-refractivity contribution in [3.63, 3.8) is 0 Å². The zero-order chi connectivity index (χ0) is 18.1. The Balaban J connectivity index is 2.08. The normalized spacial score (nSPS) is 19.3. The second-order valence-electron chi connectivity index (χ2n) is 5.64. The number of piperazine rings is 1. The molecule has 1 aromatic carbocycles. The van der Waals surface area contributed by atoms with Gasteiger partial charge in [-0.25, -0.2) is 0 Å². The van der Waals surface area contributed by atoms with E-state index in [-0.39, 0.29) is 30.9 Å². The van der Waals surface area contributed by atoms with Crippen molar-refractivity contribution < 1.29 is 28.0 Å². The lowest BCUT2D eigenvalue weighted by molar-refractivity contribution is -0.384. The van der Waals surface area contributed by atoms with Crippen LogP contribution in [0.2, 0.25) is 0 Å². The van der Waals surface area contributed by atoms with E-state index in [1.54, 1.807) is 6.92 Å². The van der Waals surface area contributed by atoms with Gasteiger partial charge >= 0.3 is 6.18 Å². The fourth-order valence-corrected chi connectivity index (χ4v) is 2.63. The molecule has 0 bridgehead atoms. The Kier molecular flexibility index (Phi) is 4.97. The smallest absolute Gasteiger partial charge is 0.401 e. The van der Waals surface area contributed by atoms with Crippen LogP contribution in [-0.4, -0.2) is 64.1 Å². The lowest BCUT2D eigenvalue weighted by Gasteiger charge is -2.40. The second-order valence-corrected chi connectivity index (χ2v) is 5.64. The minimum atomic E-state index is -4.31. The van der Waals surface area contributed by atoms with Crippen LogP contribution in [0.4, 0.5) is 18.9 Å². The number of nitro benzene ring substituents is 1. The van der Waals surface area contributed by atoms with Gasteiger partial charge in [-0.05, 0) is 13.0 Å². The predicted octanol–water partition coefficient (Wildman–Crippen LogP) is 2.01. The van der Waals surface area contributed by atoms with Crippen LogP contribution in [0.25, 0.3) is 0 Å². The average Bonchev–Trinajstić information content (AvgIpc) is 2.47. The van der Waals surface area contributed by atoms with Gasteiger partial charge in [0, 0.05) is 31.7 Å². The Bertz CT molecular complexity index is 651. The lowest BCUT2D eigenvalue weighted by atomic mass is 10.1. The number of nitro groups is 1. The summed E-state index contributed by atoms with van der Waals surface area (Å²) in [6.45, 7) is 0.751. The van der Waals surface area contributed by atoms with Gasteiger partial charge in [-0.1, -0.05) is 0 Å². The molecule has 24 heavy (non-hydrogen) atoms. The van der Waals surface area contributed by atoms with Crippen molar-refractivity contribution in [1.82, 2.24) is 9.80 Å². The molecule has 1 N–H and O–H groups in total. The van der Waals surface area contributed by atoms with E-state index in [1.807, 2.05) is 0 Å². The average molecular weight is 347 g/mol. The molecule has 1 heterocycles. The van der Waals surface area contributed by atoms with E-state index >= 15 is 0 Å². The minimum Gasteiger partial charge on any atom is -0.507 e. The van der Waals surface area contributed by atoms with E-state index < -0.39 is 35.3 Å². The number of carbonyl (C=O) groups is 1. The topological polar surface area (TPSA) is 86.9 Å². The Morgan fingerprint density at radius 2 is 2.08 bits per heavy atom. The molecular weight excluding hydrogens is 331 g/mol. The molecule has 1 aliphatic rings. The number of alkyl halides is 3. The van der Waals surface area contributed by atoms with Crippen LogP contribution in [0, 0.1) is 10.1 Å². The monoisotopic (exact) mass is 347 g/mol. The number of phenols is 1. The van der Waals surface area contributed by atoms with Crippen molar-refractivity contribution in [3.05, 3.63) is 33.9 Å². The first kappa shape index (κ1) is 18.0. The standard InChI is InChI=1S/C14H16F3N3O4/c1-9-7-18(4-5-19(9)8-14(15,16)17)13(22)11-3-2-10(20(23)24)6-12(11)21/h2-3,6,9,21H,4-5,7-8H2,1H3. The van der Waals surface area contributed by atoms with E-state index in [1.165, 1.54) is 9.80 Å². The van der Waals surface area contributed by atoms with E-state index in [9.17, 15) is 33.2 Å². The Hall–Kier alpha value is -2.36. The van der Waals surface area contributed by atoms with Crippen LogP contribution in [-0.2, 0) is 0 Å². The molecule has 1 aromatic rings. The molecule has 1 atom stereocenters.